The molecule has 5 nitrogen and oxygen atoms in total. The second kappa shape index (κ2) is 8.60. The molecule has 0 spiro atoms. The van der Waals surface area contributed by atoms with E-state index >= 15 is 0 Å². The fraction of sp³-hybridized carbons (Fsp3) is 0.440. The molecule has 0 unspecified atom stereocenters. The fourth-order valence-corrected chi connectivity index (χ4v) is 4.07. The van der Waals surface area contributed by atoms with E-state index in [9.17, 15) is 9.59 Å². The summed E-state index contributed by atoms with van der Waals surface area (Å²) in [5.41, 5.74) is 9.70. The predicted octanol–water partition coefficient (Wildman–Crippen LogP) is 4.42. The van der Waals surface area contributed by atoms with Crippen LogP contribution in [-0.2, 0) is 31.7 Å². The minimum absolute atomic E-state index is 0.0182. The van der Waals surface area contributed by atoms with Crippen LogP contribution < -0.4 is 10.8 Å². The van der Waals surface area contributed by atoms with Gasteiger partial charge in [0.05, 0.1) is 18.7 Å². The van der Waals surface area contributed by atoms with Crippen LogP contribution in [0.4, 0.5) is 5.69 Å². The molecule has 2 N–H and O–H groups in total. The highest BCUT2D eigenvalue weighted by atomic mass is 16.7. The standard InChI is InChI=1S/C25H32N2O3/c1-24(2)14-15-25(3,4)21-16-19(11-12-20(21)24)27(22(28)17-26)30-23(29)13-10-18-8-6-5-7-9-18/h5-9,11-12,16H,10,13-15,17,26H2,1-4H3. The van der Waals surface area contributed by atoms with Crippen LogP contribution in [0.3, 0.4) is 0 Å². The lowest BCUT2D eigenvalue weighted by molar-refractivity contribution is -0.150. The molecule has 0 radical (unpaired) electrons. The Hall–Kier alpha value is -2.66. The van der Waals surface area contributed by atoms with E-state index < -0.39 is 11.9 Å². The zero-order valence-corrected chi connectivity index (χ0v) is 18.4. The van der Waals surface area contributed by atoms with Gasteiger partial charge in [-0.15, -0.1) is 5.06 Å². The number of carbonyl (C=O) groups excluding carboxylic acids is 2. The molecular weight excluding hydrogens is 376 g/mol. The van der Waals surface area contributed by atoms with Crippen molar-refractivity contribution in [2.75, 3.05) is 11.6 Å². The second-order valence-electron chi connectivity index (χ2n) is 9.34. The van der Waals surface area contributed by atoms with Crippen molar-refractivity contribution >= 4 is 17.6 Å². The predicted molar refractivity (Wildman–Crippen MR) is 119 cm³/mol. The van der Waals surface area contributed by atoms with E-state index in [0.29, 0.717) is 12.1 Å². The van der Waals surface area contributed by atoms with Crippen LogP contribution in [0.25, 0.3) is 0 Å². The summed E-state index contributed by atoms with van der Waals surface area (Å²) >= 11 is 0. The highest BCUT2D eigenvalue weighted by molar-refractivity contribution is 5.94. The van der Waals surface area contributed by atoms with Crippen LogP contribution in [-0.4, -0.2) is 18.4 Å². The second-order valence-corrected chi connectivity index (χ2v) is 9.34. The Bertz CT molecular complexity index is 919. The van der Waals surface area contributed by atoms with E-state index in [1.807, 2.05) is 42.5 Å². The molecule has 2 aromatic rings. The van der Waals surface area contributed by atoms with Crippen LogP contribution in [0.1, 0.15) is 63.6 Å². The summed E-state index contributed by atoms with van der Waals surface area (Å²) < 4.78 is 0. The highest BCUT2D eigenvalue weighted by Crippen LogP contribution is 2.46. The van der Waals surface area contributed by atoms with Gasteiger partial charge in [0.15, 0.2) is 0 Å². The van der Waals surface area contributed by atoms with Crippen LogP contribution >= 0.6 is 0 Å². The van der Waals surface area contributed by atoms with Crippen molar-refractivity contribution < 1.29 is 14.4 Å². The quantitative estimate of drug-likeness (QED) is 0.744. The van der Waals surface area contributed by atoms with E-state index in [2.05, 4.69) is 33.8 Å². The summed E-state index contributed by atoms with van der Waals surface area (Å²) in [5, 5.41) is 1.06. The lowest BCUT2D eigenvalue weighted by atomic mass is 9.63. The molecule has 0 fully saturated rings. The molecule has 0 bridgehead atoms. The van der Waals surface area contributed by atoms with Gasteiger partial charge in [-0.25, -0.2) is 4.79 Å². The van der Waals surface area contributed by atoms with E-state index in [-0.39, 0.29) is 23.8 Å². The minimum atomic E-state index is -0.460. The Morgan fingerprint density at radius 1 is 0.967 bits per heavy atom. The lowest BCUT2D eigenvalue weighted by Crippen LogP contribution is -2.39. The SMILES string of the molecule is CC1(C)CCC(C)(C)c2cc(N(OC(=O)CCc3ccccc3)C(=O)CN)ccc21. The molecule has 0 saturated heterocycles. The van der Waals surface area contributed by atoms with E-state index in [0.717, 1.165) is 23.5 Å². The molecule has 30 heavy (non-hydrogen) atoms. The van der Waals surface area contributed by atoms with Gasteiger partial charge >= 0.3 is 5.97 Å². The summed E-state index contributed by atoms with van der Waals surface area (Å²) in [5.74, 6) is -0.908. The number of fused-ring (bicyclic) bond motifs is 1. The molecule has 3 rings (SSSR count). The van der Waals surface area contributed by atoms with Crippen molar-refractivity contribution in [2.45, 2.75) is 64.2 Å². The van der Waals surface area contributed by atoms with Gasteiger partial charge in [-0.05, 0) is 58.9 Å². The van der Waals surface area contributed by atoms with Crippen molar-refractivity contribution in [3.8, 4) is 0 Å². The number of nitrogens with two attached hydrogens (primary N) is 1. The van der Waals surface area contributed by atoms with Gasteiger partial charge in [-0.1, -0.05) is 64.1 Å². The molecule has 1 amide bonds. The molecule has 160 valence electrons. The third-order valence-electron chi connectivity index (χ3n) is 6.13. The van der Waals surface area contributed by atoms with Gasteiger partial charge in [-0.2, -0.15) is 0 Å². The average molecular weight is 409 g/mol. The first-order valence-electron chi connectivity index (χ1n) is 10.6. The van der Waals surface area contributed by atoms with Gasteiger partial charge < -0.3 is 10.6 Å². The van der Waals surface area contributed by atoms with E-state index in [1.165, 1.54) is 11.1 Å². The number of amides is 1. The normalized spacial score (nSPS) is 16.4. The van der Waals surface area contributed by atoms with Gasteiger partial charge in [0.2, 0.25) is 0 Å². The number of hydrogen-bond donors (Lipinski definition) is 1. The topological polar surface area (TPSA) is 72.6 Å². The van der Waals surface area contributed by atoms with Gasteiger partial charge in [-0.3, -0.25) is 4.79 Å². The summed E-state index contributed by atoms with van der Waals surface area (Å²) in [6.07, 6.45) is 2.89. The van der Waals surface area contributed by atoms with Crippen molar-refractivity contribution in [1.29, 1.82) is 0 Å². The van der Waals surface area contributed by atoms with Crippen molar-refractivity contribution in [1.82, 2.24) is 0 Å². The van der Waals surface area contributed by atoms with Gasteiger partial charge in [0, 0.05) is 0 Å². The number of nitrogens with zero attached hydrogens (tertiary/aromatic N) is 1. The first-order chi connectivity index (χ1) is 14.1. The first kappa shape index (κ1) is 22.0. The number of carbonyl (C=O) groups is 2. The Morgan fingerprint density at radius 2 is 1.60 bits per heavy atom. The summed E-state index contributed by atoms with van der Waals surface area (Å²) in [4.78, 5) is 30.5. The molecule has 0 atom stereocenters. The molecule has 5 heteroatoms. The smallest absolute Gasteiger partial charge is 0.333 e. The van der Waals surface area contributed by atoms with Crippen LogP contribution in [0.15, 0.2) is 48.5 Å². The molecule has 0 aromatic heterocycles. The molecule has 0 heterocycles. The van der Waals surface area contributed by atoms with Crippen LogP contribution in [0.2, 0.25) is 0 Å². The summed E-state index contributed by atoms with van der Waals surface area (Å²) in [7, 11) is 0. The molecular formula is C25H32N2O3. The van der Waals surface area contributed by atoms with Crippen LogP contribution in [0.5, 0.6) is 0 Å². The number of benzene rings is 2. The zero-order chi connectivity index (χ0) is 21.9. The minimum Gasteiger partial charge on any atom is -0.333 e. The van der Waals surface area contributed by atoms with E-state index in [1.54, 1.807) is 0 Å². The Kier molecular flexibility index (Phi) is 6.32. The first-order valence-corrected chi connectivity index (χ1v) is 10.6. The number of anilines is 1. The van der Waals surface area contributed by atoms with Crippen molar-refractivity contribution in [3.63, 3.8) is 0 Å². The fourth-order valence-electron chi connectivity index (χ4n) is 4.07. The molecule has 2 aromatic carbocycles. The lowest BCUT2D eigenvalue weighted by Gasteiger charge is -2.42. The number of rotatable bonds is 5. The largest absolute Gasteiger partial charge is 0.333 e. The number of hydroxylamine groups is 1. The van der Waals surface area contributed by atoms with Gasteiger partial charge in [0.1, 0.15) is 0 Å². The Labute approximate surface area is 179 Å². The van der Waals surface area contributed by atoms with E-state index in [4.69, 9.17) is 10.6 Å². The number of hydrogen-bond acceptors (Lipinski definition) is 4. The van der Waals surface area contributed by atoms with Crippen molar-refractivity contribution in [2.24, 2.45) is 5.73 Å². The van der Waals surface area contributed by atoms with Crippen molar-refractivity contribution in [3.05, 3.63) is 65.2 Å². The highest BCUT2D eigenvalue weighted by Gasteiger charge is 2.37. The maximum atomic E-state index is 12.5. The molecule has 0 saturated carbocycles. The molecule has 0 aliphatic heterocycles. The maximum Gasteiger partial charge on any atom is 0.333 e. The molecule has 1 aliphatic rings. The van der Waals surface area contributed by atoms with Gasteiger partial charge in [0.25, 0.3) is 5.91 Å². The third kappa shape index (κ3) is 4.73. The average Bonchev–Trinajstić information content (AvgIpc) is 2.74. The summed E-state index contributed by atoms with van der Waals surface area (Å²) in [6, 6.07) is 15.6. The summed E-state index contributed by atoms with van der Waals surface area (Å²) in [6.45, 7) is 8.68. The monoisotopic (exact) mass is 408 g/mol. The zero-order valence-electron chi connectivity index (χ0n) is 18.4. The molecule has 1 aliphatic carbocycles. The number of aryl methyl sites for hydroxylation is 1. The maximum absolute atomic E-state index is 12.5. The Morgan fingerprint density at radius 3 is 2.23 bits per heavy atom. The Balaban J connectivity index is 1.84. The van der Waals surface area contributed by atoms with Crippen LogP contribution in [0, 0.1) is 0 Å². The third-order valence-corrected chi connectivity index (χ3v) is 6.13.